The molecule has 2 amide bonds. The van der Waals surface area contributed by atoms with Crippen LogP contribution < -0.4 is 21.5 Å². The van der Waals surface area contributed by atoms with E-state index < -0.39 is 11.9 Å². The van der Waals surface area contributed by atoms with E-state index in [0.717, 1.165) is 31.2 Å². The molecule has 3 heterocycles. The zero-order valence-corrected chi connectivity index (χ0v) is 24.2. The lowest BCUT2D eigenvalue weighted by molar-refractivity contribution is -0.134. The molecule has 1 unspecified atom stereocenters. The molecule has 11 heteroatoms. The number of benzene rings is 2. The lowest BCUT2D eigenvalue weighted by atomic mass is 9.99. The summed E-state index contributed by atoms with van der Waals surface area (Å²) in [6.07, 6.45) is 5.76. The number of likely N-dealkylation sites (N-methyl/N-ethyl adjacent to an activating group) is 1. The number of thiophene rings is 1. The zero-order chi connectivity index (χ0) is 29.4. The Hall–Kier alpha value is -4.35. The molecule has 1 aliphatic carbocycles. The second-order valence-corrected chi connectivity index (χ2v) is 11.8. The number of nitrogens with zero attached hydrogens (tertiary/aromatic N) is 3. The molecular formula is C31H31FN6O3S. The van der Waals surface area contributed by atoms with Crippen molar-refractivity contribution < 1.29 is 14.0 Å². The molecule has 216 valence electrons. The van der Waals surface area contributed by atoms with Gasteiger partial charge in [0.15, 0.2) is 5.82 Å². The van der Waals surface area contributed by atoms with Crippen LogP contribution >= 0.6 is 11.3 Å². The SMILES string of the molecule is CN1CCNC(c2ccc(Nc3nc(-c4ccc(F)c(NC(=O)c5cc6c(s5)CCCC6)c4)cn(C)c3=O)cc2)C1=O. The zero-order valence-electron chi connectivity index (χ0n) is 23.4. The van der Waals surface area contributed by atoms with E-state index in [1.807, 2.05) is 18.2 Å². The lowest BCUT2D eigenvalue weighted by Gasteiger charge is -2.30. The van der Waals surface area contributed by atoms with Crippen LogP contribution in [0, 0.1) is 5.82 Å². The first kappa shape index (κ1) is 27.8. The van der Waals surface area contributed by atoms with Gasteiger partial charge in [0.05, 0.1) is 16.3 Å². The highest BCUT2D eigenvalue weighted by Gasteiger charge is 2.27. The van der Waals surface area contributed by atoms with Crippen LogP contribution in [0.4, 0.5) is 21.6 Å². The van der Waals surface area contributed by atoms with Crippen molar-refractivity contribution in [3.05, 3.63) is 91.8 Å². The molecule has 1 saturated heterocycles. The maximum absolute atomic E-state index is 14.8. The van der Waals surface area contributed by atoms with Crippen LogP contribution in [0.15, 0.2) is 59.5 Å². The second-order valence-electron chi connectivity index (χ2n) is 10.7. The molecule has 0 bridgehead atoms. The Labute approximate surface area is 246 Å². The summed E-state index contributed by atoms with van der Waals surface area (Å²) >= 11 is 1.47. The smallest absolute Gasteiger partial charge is 0.293 e. The predicted molar refractivity (Wildman–Crippen MR) is 162 cm³/mol. The van der Waals surface area contributed by atoms with Gasteiger partial charge in [0, 0.05) is 49.5 Å². The van der Waals surface area contributed by atoms with Gasteiger partial charge in [0.2, 0.25) is 5.91 Å². The highest BCUT2D eigenvalue weighted by Crippen LogP contribution is 2.31. The summed E-state index contributed by atoms with van der Waals surface area (Å²) in [6, 6.07) is 13.1. The van der Waals surface area contributed by atoms with Gasteiger partial charge in [-0.25, -0.2) is 9.37 Å². The van der Waals surface area contributed by atoms with Crippen molar-refractivity contribution >= 4 is 40.3 Å². The van der Waals surface area contributed by atoms with Gasteiger partial charge in [0.25, 0.3) is 11.5 Å². The summed E-state index contributed by atoms with van der Waals surface area (Å²) in [6.45, 7) is 1.38. The first-order valence-corrected chi connectivity index (χ1v) is 14.7. The molecule has 42 heavy (non-hydrogen) atoms. The highest BCUT2D eigenvalue weighted by molar-refractivity contribution is 7.14. The van der Waals surface area contributed by atoms with Gasteiger partial charge in [-0.1, -0.05) is 12.1 Å². The molecule has 1 atom stereocenters. The number of aryl methyl sites for hydroxylation is 3. The van der Waals surface area contributed by atoms with Crippen LogP contribution in [0.5, 0.6) is 0 Å². The van der Waals surface area contributed by atoms with E-state index in [0.29, 0.717) is 34.9 Å². The quantitative estimate of drug-likeness (QED) is 0.304. The number of fused-ring (bicyclic) bond motifs is 1. The van der Waals surface area contributed by atoms with Gasteiger partial charge < -0.3 is 25.4 Å². The van der Waals surface area contributed by atoms with Crippen molar-refractivity contribution in [1.29, 1.82) is 0 Å². The summed E-state index contributed by atoms with van der Waals surface area (Å²) in [4.78, 5) is 46.5. The summed E-state index contributed by atoms with van der Waals surface area (Å²) in [5, 5.41) is 9.03. The molecule has 0 saturated carbocycles. The minimum absolute atomic E-state index is 0.00885. The number of nitrogens with one attached hydrogen (secondary N) is 3. The average molecular weight is 587 g/mol. The van der Waals surface area contributed by atoms with Gasteiger partial charge in [-0.3, -0.25) is 14.4 Å². The van der Waals surface area contributed by atoms with E-state index in [4.69, 9.17) is 0 Å². The molecule has 2 aromatic heterocycles. The maximum atomic E-state index is 14.8. The Bertz CT molecular complexity index is 1710. The fraction of sp³-hybridized carbons (Fsp3) is 0.290. The summed E-state index contributed by atoms with van der Waals surface area (Å²) < 4.78 is 16.2. The van der Waals surface area contributed by atoms with E-state index in [9.17, 15) is 18.8 Å². The summed E-state index contributed by atoms with van der Waals surface area (Å²) in [7, 11) is 3.40. The third-order valence-electron chi connectivity index (χ3n) is 7.73. The predicted octanol–water partition coefficient (Wildman–Crippen LogP) is 4.63. The number of halogens is 1. The normalized spacial score (nSPS) is 16.7. The van der Waals surface area contributed by atoms with Crippen molar-refractivity contribution in [2.24, 2.45) is 7.05 Å². The Balaban J connectivity index is 1.22. The molecule has 4 aromatic rings. The third kappa shape index (κ3) is 5.57. The molecule has 2 aromatic carbocycles. The minimum atomic E-state index is -0.561. The largest absolute Gasteiger partial charge is 0.343 e. The molecule has 6 rings (SSSR count). The minimum Gasteiger partial charge on any atom is -0.343 e. The fourth-order valence-corrected chi connectivity index (χ4v) is 6.49. The van der Waals surface area contributed by atoms with Crippen LogP contribution in [0.3, 0.4) is 0 Å². The van der Waals surface area contributed by atoms with Crippen molar-refractivity contribution in [2.75, 3.05) is 30.8 Å². The van der Waals surface area contributed by atoms with Crippen LogP contribution in [0.2, 0.25) is 0 Å². The number of carbonyl (C=O) groups excluding carboxylic acids is 2. The first-order chi connectivity index (χ1) is 20.3. The monoisotopic (exact) mass is 586 g/mol. The van der Waals surface area contributed by atoms with Gasteiger partial charge in [-0.2, -0.15) is 0 Å². The van der Waals surface area contributed by atoms with E-state index in [-0.39, 0.29) is 28.9 Å². The summed E-state index contributed by atoms with van der Waals surface area (Å²) in [5.41, 5.74) is 3.34. The Morgan fingerprint density at radius 1 is 1.07 bits per heavy atom. The van der Waals surface area contributed by atoms with Crippen LogP contribution in [-0.4, -0.2) is 46.4 Å². The molecule has 3 N–H and O–H groups in total. The number of piperazine rings is 1. The van der Waals surface area contributed by atoms with Crippen LogP contribution in [-0.2, 0) is 24.7 Å². The van der Waals surface area contributed by atoms with Crippen molar-refractivity contribution in [1.82, 2.24) is 19.8 Å². The Kier molecular flexibility index (Phi) is 7.61. The fourth-order valence-electron chi connectivity index (χ4n) is 5.34. The number of hydrogen-bond acceptors (Lipinski definition) is 7. The number of hydrogen-bond donors (Lipinski definition) is 3. The molecule has 0 radical (unpaired) electrons. The van der Waals surface area contributed by atoms with Gasteiger partial charge >= 0.3 is 0 Å². The number of anilines is 3. The van der Waals surface area contributed by atoms with Gasteiger partial charge in [-0.15, -0.1) is 11.3 Å². The number of aromatic nitrogens is 2. The van der Waals surface area contributed by atoms with Crippen molar-refractivity contribution in [3.63, 3.8) is 0 Å². The first-order valence-electron chi connectivity index (χ1n) is 13.9. The lowest BCUT2D eigenvalue weighted by Crippen LogP contribution is -2.48. The van der Waals surface area contributed by atoms with E-state index in [2.05, 4.69) is 20.9 Å². The number of carbonyl (C=O) groups is 2. The molecular weight excluding hydrogens is 555 g/mol. The highest BCUT2D eigenvalue weighted by atomic mass is 32.1. The Morgan fingerprint density at radius 2 is 1.86 bits per heavy atom. The number of amides is 2. The van der Waals surface area contributed by atoms with Gasteiger partial charge in [-0.05, 0) is 73.2 Å². The topological polar surface area (TPSA) is 108 Å². The standard InChI is InChI=1S/C31H31FN6O3S/c1-37-14-13-33-27(30(37)40)18-7-10-21(11-8-18)34-28-31(41)38(2)17-24(35-28)19-9-12-22(32)23(15-19)36-29(39)26-16-20-5-3-4-6-25(20)42-26/h7-12,15-17,27,33H,3-6,13-14H2,1-2H3,(H,34,35)(H,36,39). The Morgan fingerprint density at radius 3 is 2.64 bits per heavy atom. The van der Waals surface area contributed by atoms with Gasteiger partial charge in [0.1, 0.15) is 11.9 Å². The number of rotatable bonds is 6. The molecule has 1 fully saturated rings. The molecule has 9 nitrogen and oxygen atoms in total. The maximum Gasteiger partial charge on any atom is 0.293 e. The van der Waals surface area contributed by atoms with Crippen molar-refractivity contribution in [2.45, 2.75) is 31.7 Å². The van der Waals surface area contributed by atoms with E-state index in [1.54, 1.807) is 43.4 Å². The van der Waals surface area contributed by atoms with E-state index in [1.165, 1.54) is 38.5 Å². The van der Waals surface area contributed by atoms with Crippen LogP contribution in [0.1, 0.15) is 44.6 Å². The van der Waals surface area contributed by atoms with E-state index >= 15 is 0 Å². The average Bonchev–Trinajstić information content (AvgIpc) is 3.43. The molecule has 0 spiro atoms. The third-order valence-corrected chi connectivity index (χ3v) is 8.96. The molecule has 2 aliphatic rings. The second kappa shape index (κ2) is 11.5. The van der Waals surface area contributed by atoms with Crippen molar-refractivity contribution in [3.8, 4) is 11.3 Å². The summed E-state index contributed by atoms with van der Waals surface area (Å²) in [5.74, 6) is -0.807. The molecule has 1 aliphatic heterocycles. The van der Waals surface area contributed by atoms with Crippen LogP contribution in [0.25, 0.3) is 11.3 Å².